The number of nitrogens with zero attached hydrogens (tertiary/aromatic N) is 6. The molecule has 2 fully saturated rings. The lowest BCUT2D eigenvalue weighted by molar-refractivity contribution is 0.361. The van der Waals surface area contributed by atoms with Gasteiger partial charge in [-0.1, -0.05) is 32.1 Å². The number of hydrogen-bond donors (Lipinski definition) is 4. The highest BCUT2D eigenvalue weighted by atomic mass is 15.2. The van der Waals surface area contributed by atoms with Gasteiger partial charge in [0, 0.05) is 17.9 Å². The van der Waals surface area contributed by atoms with E-state index in [0.717, 1.165) is 38.5 Å². The second kappa shape index (κ2) is 8.07. The zero-order valence-electron chi connectivity index (χ0n) is 16.0. The highest BCUT2D eigenvalue weighted by molar-refractivity contribution is 5.34. The number of nitrogens with one attached hydrogen (secondary N) is 1. The van der Waals surface area contributed by atoms with E-state index in [1.54, 1.807) is 0 Å². The normalized spacial score (nSPS) is 23.4. The van der Waals surface area contributed by atoms with Crippen molar-refractivity contribution in [2.45, 2.75) is 75.7 Å². The molecule has 0 aliphatic heterocycles. The summed E-state index contributed by atoms with van der Waals surface area (Å²) in [6.07, 6.45) is 10.1. The first kappa shape index (κ1) is 18.6. The van der Waals surface area contributed by atoms with E-state index in [1.165, 1.54) is 19.3 Å². The van der Waals surface area contributed by atoms with Gasteiger partial charge < -0.3 is 22.5 Å². The Balaban J connectivity index is 1.61. The maximum absolute atomic E-state index is 6.02. The van der Waals surface area contributed by atoms with Crippen LogP contribution in [0.15, 0.2) is 0 Å². The van der Waals surface area contributed by atoms with Gasteiger partial charge in [-0.05, 0) is 25.7 Å². The van der Waals surface area contributed by atoms with Crippen molar-refractivity contribution in [3.05, 3.63) is 11.6 Å². The van der Waals surface area contributed by atoms with Crippen LogP contribution in [0.1, 0.15) is 81.3 Å². The fourth-order valence-corrected chi connectivity index (χ4v) is 4.41. The largest absolute Gasteiger partial charge is 0.368 e. The van der Waals surface area contributed by atoms with E-state index in [2.05, 4.69) is 30.2 Å². The molecule has 2 aliphatic rings. The molecule has 0 amide bonds. The van der Waals surface area contributed by atoms with Crippen LogP contribution in [0.5, 0.6) is 0 Å². The van der Waals surface area contributed by atoms with Crippen LogP contribution in [0.3, 0.4) is 0 Å². The molecule has 2 aromatic heterocycles. The summed E-state index contributed by atoms with van der Waals surface area (Å²) < 4.78 is 0. The lowest BCUT2D eigenvalue weighted by Gasteiger charge is -2.30. The molecule has 10 heteroatoms. The summed E-state index contributed by atoms with van der Waals surface area (Å²) in [6.45, 7) is 0. The van der Waals surface area contributed by atoms with Crippen LogP contribution in [0, 0.1) is 0 Å². The number of nitrogen functional groups attached to an aromatic ring is 3. The van der Waals surface area contributed by atoms with Crippen LogP contribution in [-0.4, -0.2) is 35.9 Å². The first-order chi connectivity index (χ1) is 13.6. The Morgan fingerprint density at radius 2 is 1.07 bits per heavy atom. The SMILES string of the molecule is Nc1nc(N)nc(C2CCCCC2c2nc(N)nc(NC3CCCCC3)n2)n1. The lowest BCUT2D eigenvalue weighted by atomic mass is 9.78. The highest BCUT2D eigenvalue weighted by Gasteiger charge is 2.33. The smallest absolute Gasteiger partial charge is 0.227 e. The number of hydrogen-bond acceptors (Lipinski definition) is 10. The zero-order chi connectivity index (χ0) is 19.5. The fourth-order valence-electron chi connectivity index (χ4n) is 4.41. The summed E-state index contributed by atoms with van der Waals surface area (Å²) in [5.74, 6) is 2.46. The Hall–Kier alpha value is -2.78. The van der Waals surface area contributed by atoms with Crippen molar-refractivity contribution >= 4 is 23.8 Å². The summed E-state index contributed by atoms with van der Waals surface area (Å²) in [5, 5.41) is 3.45. The second-order valence-corrected chi connectivity index (χ2v) is 7.76. The van der Waals surface area contributed by atoms with E-state index in [4.69, 9.17) is 22.2 Å². The highest BCUT2D eigenvalue weighted by Crippen LogP contribution is 2.42. The van der Waals surface area contributed by atoms with Gasteiger partial charge in [-0.25, -0.2) is 0 Å². The average molecular weight is 384 g/mol. The molecule has 0 spiro atoms. The standard InChI is InChI=1S/C18H28N10/c19-15-23-13(24-16(20)27-15)11-8-4-5-9-12(11)14-25-17(21)28-18(26-14)22-10-6-2-1-3-7-10/h10-12H,1-9H2,(H4,19,20,23,24,27)(H3,21,22,25,26,28). The Morgan fingerprint density at radius 3 is 1.68 bits per heavy atom. The molecule has 7 N–H and O–H groups in total. The van der Waals surface area contributed by atoms with Crippen molar-refractivity contribution in [2.75, 3.05) is 22.5 Å². The predicted octanol–water partition coefficient (Wildman–Crippen LogP) is 1.99. The van der Waals surface area contributed by atoms with Crippen LogP contribution in [-0.2, 0) is 0 Å². The summed E-state index contributed by atoms with van der Waals surface area (Å²) in [6, 6.07) is 0.397. The Kier molecular flexibility index (Phi) is 5.36. The predicted molar refractivity (Wildman–Crippen MR) is 107 cm³/mol. The molecule has 2 saturated carbocycles. The van der Waals surface area contributed by atoms with Gasteiger partial charge in [-0.3, -0.25) is 0 Å². The molecule has 28 heavy (non-hydrogen) atoms. The van der Waals surface area contributed by atoms with Gasteiger partial charge in [0.2, 0.25) is 23.8 Å². The minimum absolute atomic E-state index is 0.0330. The third kappa shape index (κ3) is 4.20. The maximum atomic E-state index is 6.02. The molecule has 150 valence electrons. The van der Waals surface area contributed by atoms with Crippen LogP contribution >= 0.6 is 0 Å². The van der Waals surface area contributed by atoms with Gasteiger partial charge in [-0.2, -0.15) is 29.9 Å². The summed E-state index contributed by atoms with van der Waals surface area (Å²) in [7, 11) is 0. The summed E-state index contributed by atoms with van der Waals surface area (Å²) in [5.41, 5.74) is 17.6. The van der Waals surface area contributed by atoms with Crippen molar-refractivity contribution in [2.24, 2.45) is 0 Å². The molecule has 2 unspecified atom stereocenters. The van der Waals surface area contributed by atoms with E-state index in [0.29, 0.717) is 23.6 Å². The number of aromatic nitrogens is 6. The molecule has 2 atom stereocenters. The van der Waals surface area contributed by atoms with Crippen molar-refractivity contribution in [3.8, 4) is 0 Å². The zero-order valence-corrected chi connectivity index (χ0v) is 16.0. The van der Waals surface area contributed by atoms with Crippen LogP contribution < -0.4 is 22.5 Å². The first-order valence-corrected chi connectivity index (χ1v) is 10.1. The summed E-state index contributed by atoms with van der Waals surface area (Å²) >= 11 is 0. The third-order valence-electron chi connectivity index (χ3n) is 5.72. The minimum atomic E-state index is 0.0330. The first-order valence-electron chi connectivity index (χ1n) is 10.1. The maximum Gasteiger partial charge on any atom is 0.227 e. The molecule has 0 bridgehead atoms. The average Bonchev–Trinajstić information content (AvgIpc) is 2.67. The topological polar surface area (TPSA) is 167 Å². The Morgan fingerprint density at radius 1 is 0.571 bits per heavy atom. The number of nitrogens with two attached hydrogens (primary N) is 3. The van der Waals surface area contributed by atoms with E-state index in [9.17, 15) is 0 Å². The van der Waals surface area contributed by atoms with Gasteiger partial charge >= 0.3 is 0 Å². The molecule has 4 rings (SSSR count). The third-order valence-corrected chi connectivity index (χ3v) is 5.72. The van der Waals surface area contributed by atoms with Gasteiger partial charge in [0.15, 0.2) is 0 Å². The van der Waals surface area contributed by atoms with Gasteiger partial charge in [0.25, 0.3) is 0 Å². The fraction of sp³-hybridized carbons (Fsp3) is 0.667. The van der Waals surface area contributed by atoms with Crippen molar-refractivity contribution in [1.29, 1.82) is 0 Å². The molecule has 0 radical (unpaired) electrons. The van der Waals surface area contributed by atoms with Crippen molar-refractivity contribution in [3.63, 3.8) is 0 Å². The molecule has 0 aromatic carbocycles. The van der Waals surface area contributed by atoms with Crippen LogP contribution in [0.2, 0.25) is 0 Å². The number of rotatable bonds is 4. The van der Waals surface area contributed by atoms with E-state index < -0.39 is 0 Å². The molecule has 2 aliphatic carbocycles. The van der Waals surface area contributed by atoms with Gasteiger partial charge in [0.1, 0.15) is 11.6 Å². The Labute approximate surface area is 164 Å². The molecular weight excluding hydrogens is 356 g/mol. The quantitative estimate of drug-likeness (QED) is 0.611. The Bertz CT molecular complexity index is 800. The van der Waals surface area contributed by atoms with Crippen LogP contribution in [0.4, 0.5) is 23.8 Å². The van der Waals surface area contributed by atoms with Crippen molar-refractivity contribution < 1.29 is 0 Å². The van der Waals surface area contributed by atoms with E-state index in [1.807, 2.05) is 0 Å². The van der Waals surface area contributed by atoms with Gasteiger partial charge in [0.05, 0.1) is 0 Å². The molecule has 0 saturated heterocycles. The van der Waals surface area contributed by atoms with E-state index in [-0.39, 0.29) is 29.7 Å². The molecule has 2 heterocycles. The summed E-state index contributed by atoms with van der Waals surface area (Å²) in [4.78, 5) is 26.0. The molecule has 10 nitrogen and oxygen atoms in total. The molecule has 2 aromatic rings. The van der Waals surface area contributed by atoms with E-state index >= 15 is 0 Å². The number of anilines is 4. The lowest BCUT2D eigenvalue weighted by Crippen LogP contribution is -2.26. The van der Waals surface area contributed by atoms with Crippen LogP contribution in [0.25, 0.3) is 0 Å². The minimum Gasteiger partial charge on any atom is -0.368 e. The van der Waals surface area contributed by atoms with Crippen molar-refractivity contribution in [1.82, 2.24) is 29.9 Å². The molecular formula is C18H28N10. The monoisotopic (exact) mass is 384 g/mol. The second-order valence-electron chi connectivity index (χ2n) is 7.76. The van der Waals surface area contributed by atoms with Gasteiger partial charge in [-0.15, -0.1) is 0 Å².